The fourth-order valence-electron chi connectivity index (χ4n) is 0.995. The number of phenols is 1. The van der Waals surface area contributed by atoms with Gasteiger partial charge in [0.05, 0.1) is 6.42 Å². The molecule has 0 amide bonds. The normalized spacial score (nSPS) is 9.43. The summed E-state index contributed by atoms with van der Waals surface area (Å²) in [6.45, 7) is 0.233. The summed E-state index contributed by atoms with van der Waals surface area (Å²) in [7, 11) is 0. The average Bonchev–Trinajstić information content (AvgIpc) is 2.10. The minimum atomic E-state index is -1.07. The van der Waals surface area contributed by atoms with E-state index in [4.69, 9.17) is 5.11 Å². The molecular formula is C9H8O5. The fourth-order valence-corrected chi connectivity index (χ4v) is 0.995. The van der Waals surface area contributed by atoms with E-state index in [0.29, 0.717) is 0 Å². The van der Waals surface area contributed by atoms with Gasteiger partial charge in [-0.1, -0.05) is 0 Å². The van der Waals surface area contributed by atoms with Gasteiger partial charge in [0, 0.05) is 5.56 Å². The summed E-state index contributed by atoms with van der Waals surface area (Å²) in [6.07, 6.45) is -0.318. The third-order valence-electron chi connectivity index (χ3n) is 1.58. The maximum absolute atomic E-state index is 10.4. The number of carboxylic acid groups (broad SMARTS) is 1. The van der Waals surface area contributed by atoms with Gasteiger partial charge >= 0.3 is 5.97 Å². The average molecular weight is 196 g/mol. The number of aliphatic carboxylic acids is 1. The van der Waals surface area contributed by atoms with E-state index in [2.05, 4.69) is 4.74 Å². The van der Waals surface area contributed by atoms with Crippen LogP contribution in [0.2, 0.25) is 0 Å². The highest BCUT2D eigenvalue weighted by atomic mass is 16.5. The van der Waals surface area contributed by atoms with E-state index in [-0.39, 0.29) is 30.0 Å². The first-order valence-electron chi connectivity index (χ1n) is 3.77. The first-order chi connectivity index (χ1) is 6.63. The van der Waals surface area contributed by atoms with Gasteiger partial charge in [0.15, 0.2) is 0 Å². The van der Waals surface area contributed by atoms with Gasteiger partial charge in [0.2, 0.25) is 0 Å². The molecule has 14 heavy (non-hydrogen) atoms. The van der Waals surface area contributed by atoms with Gasteiger partial charge in [-0.05, 0) is 18.2 Å². The van der Waals surface area contributed by atoms with Crippen molar-refractivity contribution in [2.24, 2.45) is 0 Å². The quantitative estimate of drug-likeness (QED) is 0.687. The minimum absolute atomic E-state index is 0.134. The molecule has 0 unspecified atom stereocenters. The van der Waals surface area contributed by atoms with Crippen LogP contribution in [0, 0.1) is 0 Å². The van der Waals surface area contributed by atoms with Crippen LogP contribution in [0.3, 0.4) is 0 Å². The Balaban J connectivity index is 2.95. The van der Waals surface area contributed by atoms with E-state index in [9.17, 15) is 14.7 Å². The van der Waals surface area contributed by atoms with Gasteiger partial charge < -0.3 is 14.9 Å². The van der Waals surface area contributed by atoms with Gasteiger partial charge in [-0.2, -0.15) is 0 Å². The Hall–Kier alpha value is -2.04. The molecular weight excluding hydrogens is 188 g/mol. The predicted octanol–water partition coefficient (Wildman–Crippen LogP) is 0.554. The monoisotopic (exact) mass is 196 g/mol. The molecule has 0 fully saturated rings. The number of hydrogen-bond acceptors (Lipinski definition) is 4. The highest BCUT2D eigenvalue weighted by Gasteiger charge is 2.07. The Labute approximate surface area is 79.6 Å². The standard InChI is InChI=1S/C9H8O5/c10-5-14-7-1-2-8(11)6(3-7)4-9(12)13/h1-3,5,11H,4H2,(H,12,13). The number of carboxylic acids is 1. The number of phenolic OH excluding ortho intramolecular Hbond substituents is 1. The lowest BCUT2D eigenvalue weighted by atomic mass is 10.1. The van der Waals surface area contributed by atoms with Crippen LogP contribution in [0.4, 0.5) is 0 Å². The van der Waals surface area contributed by atoms with Crippen molar-refractivity contribution in [2.75, 3.05) is 0 Å². The van der Waals surface area contributed by atoms with E-state index in [1.807, 2.05) is 0 Å². The van der Waals surface area contributed by atoms with Crippen LogP contribution in [0.5, 0.6) is 11.5 Å². The van der Waals surface area contributed by atoms with E-state index in [1.54, 1.807) is 0 Å². The second-order valence-corrected chi connectivity index (χ2v) is 2.58. The molecule has 0 atom stereocenters. The molecule has 1 rings (SSSR count). The number of aromatic hydroxyl groups is 1. The van der Waals surface area contributed by atoms with Crippen LogP contribution in [0.25, 0.3) is 0 Å². The zero-order valence-electron chi connectivity index (χ0n) is 7.14. The summed E-state index contributed by atoms with van der Waals surface area (Å²) in [4.78, 5) is 20.4. The van der Waals surface area contributed by atoms with Crippen molar-refractivity contribution in [1.29, 1.82) is 0 Å². The lowest BCUT2D eigenvalue weighted by molar-refractivity contribution is -0.136. The molecule has 0 aliphatic rings. The van der Waals surface area contributed by atoms with Crippen LogP contribution < -0.4 is 4.74 Å². The molecule has 0 bridgehead atoms. The first-order valence-corrected chi connectivity index (χ1v) is 3.77. The zero-order chi connectivity index (χ0) is 10.6. The molecule has 0 spiro atoms. The molecule has 0 heterocycles. The van der Waals surface area contributed by atoms with E-state index < -0.39 is 5.97 Å². The molecule has 1 aromatic carbocycles. The number of carbonyl (C=O) groups is 2. The van der Waals surface area contributed by atoms with Gasteiger partial charge in [0.25, 0.3) is 6.47 Å². The van der Waals surface area contributed by atoms with E-state index in [0.717, 1.165) is 0 Å². The summed E-state index contributed by atoms with van der Waals surface area (Å²) in [5, 5.41) is 17.7. The van der Waals surface area contributed by atoms with Crippen molar-refractivity contribution >= 4 is 12.4 Å². The summed E-state index contributed by atoms with van der Waals surface area (Å²) in [6, 6.07) is 3.95. The minimum Gasteiger partial charge on any atom is -0.508 e. The zero-order valence-corrected chi connectivity index (χ0v) is 7.14. The van der Waals surface area contributed by atoms with Crippen LogP contribution in [-0.2, 0) is 16.0 Å². The number of ether oxygens (including phenoxy) is 1. The van der Waals surface area contributed by atoms with Gasteiger partial charge in [-0.15, -0.1) is 0 Å². The molecule has 0 aliphatic carbocycles. The Bertz CT molecular complexity index is 358. The molecule has 0 aliphatic heterocycles. The highest BCUT2D eigenvalue weighted by molar-refractivity contribution is 5.71. The third kappa shape index (κ3) is 2.48. The largest absolute Gasteiger partial charge is 0.508 e. The molecule has 0 radical (unpaired) electrons. The molecule has 2 N–H and O–H groups in total. The summed E-state index contributed by atoms with van der Waals surface area (Å²) in [5.41, 5.74) is 0.205. The van der Waals surface area contributed by atoms with Gasteiger partial charge in [-0.25, -0.2) is 0 Å². The Morgan fingerprint density at radius 2 is 2.21 bits per heavy atom. The molecule has 0 saturated heterocycles. The van der Waals surface area contributed by atoms with Crippen molar-refractivity contribution in [3.63, 3.8) is 0 Å². The summed E-state index contributed by atoms with van der Waals surface area (Å²) in [5.74, 6) is -0.997. The van der Waals surface area contributed by atoms with Crippen molar-refractivity contribution < 1.29 is 24.5 Å². The smallest absolute Gasteiger partial charge is 0.307 e. The Morgan fingerprint density at radius 1 is 1.50 bits per heavy atom. The van der Waals surface area contributed by atoms with Crippen LogP contribution >= 0.6 is 0 Å². The van der Waals surface area contributed by atoms with Crippen molar-refractivity contribution in [3.05, 3.63) is 23.8 Å². The first kappa shape index (κ1) is 10.0. The van der Waals surface area contributed by atoms with Crippen LogP contribution in [0.1, 0.15) is 5.56 Å². The molecule has 0 saturated carbocycles. The van der Waals surface area contributed by atoms with Crippen LogP contribution in [-0.4, -0.2) is 22.7 Å². The molecule has 74 valence electrons. The number of benzene rings is 1. The van der Waals surface area contributed by atoms with E-state index in [1.165, 1.54) is 18.2 Å². The molecule has 1 aromatic rings. The predicted molar refractivity (Wildman–Crippen MR) is 46.1 cm³/mol. The summed E-state index contributed by atoms with van der Waals surface area (Å²) < 4.78 is 4.50. The third-order valence-corrected chi connectivity index (χ3v) is 1.58. The van der Waals surface area contributed by atoms with Crippen LogP contribution in [0.15, 0.2) is 18.2 Å². The lowest BCUT2D eigenvalue weighted by Gasteiger charge is -2.03. The number of hydrogen-bond donors (Lipinski definition) is 2. The number of rotatable bonds is 4. The number of carbonyl (C=O) groups excluding carboxylic acids is 1. The molecule has 5 nitrogen and oxygen atoms in total. The maximum Gasteiger partial charge on any atom is 0.307 e. The maximum atomic E-state index is 10.4. The van der Waals surface area contributed by atoms with E-state index >= 15 is 0 Å². The lowest BCUT2D eigenvalue weighted by Crippen LogP contribution is -2.00. The SMILES string of the molecule is O=COc1ccc(O)c(CC(=O)O)c1. The Morgan fingerprint density at radius 3 is 2.79 bits per heavy atom. The van der Waals surface area contributed by atoms with Crippen molar-refractivity contribution in [3.8, 4) is 11.5 Å². The van der Waals surface area contributed by atoms with Gasteiger partial charge in [-0.3, -0.25) is 9.59 Å². The van der Waals surface area contributed by atoms with Crippen molar-refractivity contribution in [2.45, 2.75) is 6.42 Å². The highest BCUT2D eigenvalue weighted by Crippen LogP contribution is 2.23. The van der Waals surface area contributed by atoms with Crippen molar-refractivity contribution in [1.82, 2.24) is 0 Å². The Kier molecular flexibility index (Phi) is 3.06. The fraction of sp³-hybridized carbons (Fsp3) is 0.111. The summed E-state index contributed by atoms with van der Waals surface area (Å²) >= 11 is 0. The van der Waals surface area contributed by atoms with Gasteiger partial charge in [0.1, 0.15) is 11.5 Å². The second kappa shape index (κ2) is 4.27. The topological polar surface area (TPSA) is 83.8 Å². The second-order valence-electron chi connectivity index (χ2n) is 2.58. The molecule has 0 aromatic heterocycles. The molecule has 5 heteroatoms.